The van der Waals surface area contributed by atoms with Crippen molar-refractivity contribution in [3.8, 4) is 0 Å². The van der Waals surface area contributed by atoms with Crippen LogP contribution in [0.1, 0.15) is 26.2 Å². The quantitative estimate of drug-likeness (QED) is 0.394. The minimum Gasteiger partial charge on any atom is -0.375 e. The average Bonchev–Trinajstić information content (AvgIpc) is 2.66. The number of hydrogen-bond acceptors (Lipinski definition) is 6. The van der Waals surface area contributed by atoms with Gasteiger partial charge in [0.15, 0.2) is 21.1 Å². The molecule has 0 fully saturated rings. The van der Waals surface area contributed by atoms with Crippen molar-refractivity contribution in [2.45, 2.75) is 31.3 Å². The largest absolute Gasteiger partial charge is 0.375 e. The predicted octanol–water partition coefficient (Wildman–Crippen LogP) is 3.60. The number of thioether (sulfide) groups is 1. The molecule has 0 amide bonds. The van der Waals surface area contributed by atoms with Crippen molar-refractivity contribution in [2.75, 3.05) is 11.5 Å². The highest BCUT2D eigenvalue weighted by Crippen LogP contribution is 2.30. The van der Waals surface area contributed by atoms with Gasteiger partial charge in [0.1, 0.15) is 4.70 Å². The summed E-state index contributed by atoms with van der Waals surface area (Å²) in [5, 5.41) is 1.61. The summed E-state index contributed by atoms with van der Waals surface area (Å²) in [5.74, 6) is 1.01. The zero-order valence-corrected chi connectivity index (χ0v) is 11.8. The van der Waals surface area contributed by atoms with Gasteiger partial charge in [-0.05, 0) is 6.42 Å². The van der Waals surface area contributed by atoms with E-state index in [0.717, 1.165) is 10.5 Å². The maximum absolute atomic E-state index is 6.07. The first-order valence-electron chi connectivity index (χ1n) is 5.43. The van der Waals surface area contributed by atoms with Crippen molar-refractivity contribution in [1.82, 2.24) is 15.0 Å². The summed E-state index contributed by atoms with van der Waals surface area (Å²) in [6.45, 7) is 2.18. The van der Waals surface area contributed by atoms with Crippen molar-refractivity contribution >= 4 is 50.2 Å². The Morgan fingerprint density at radius 1 is 1.29 bits per heavy atom. The van der Waals surface area contributed by atoms with Crippen molar-refractivity contribution in [3.05, 3.63) is 5.15 Å². The Balaban J connectivity index is 2.13. The second-order valence-electron chi connectivity index (χ2n) is 3.56. The van der Waals surface area contributed by atoms with E-state index in [2.05, 4.69) is 21.9 Å². The minimum absolute atomic E-state index is 0.446. The van der Waals surface area contributed by atoms with E-state index in [-0.39, 0.29) is 0 Å². The van der Waals surface area contributed by atoms with Crippen LogP contribution in [0.25, 0.3) is 10.3 Å². The number of halogens is 1. The van der Waals surface area contributed by atoms with Crippen LogP contribution in [0.3, 0.4) is 0 Å². The molecular weight excluding hydrogens is 276 g/mol. The highest BCUT2D eigenvalue weighted by molar-refractivity contribution is 7.99. The molecule has 0 atom stereocenters. The Kier molecular flexibility index (Phi) is 4.42. The molecule has 2 rings (SSSR count). The monoisotopic (exact) mass is 288 g/mol. The third kappa shape index (κ3) is 3.20. The lowest BCUT2D eigenvalue weighted by molar-refractivity contribution is 0.777. The summed E-state index contributed by atoms with van der Waals surface area (Å²) in [6, 6.07) is 0. The molecule has 7 heteroatoms. The van der Waals surface area contributed by atoms with Gasteiger partial charge in [0.2, 0.25) is 0 Å². The van der Waals surface area contributed by atoms with Crippen molar-refractivity contribution in [2.24, 2.45) is 0 Å². The molecule has 0 aromatic carbocycles. The fourth-order valence-corrected chi connectivity index (χ4v) is 3.19. The molecule has 2 aromatic heterocycles. The minimum atomic E-state index is 0.446. The molecule has 17 heavy (non-hydrogen) atoms. The van der Waals surface area contributed by atoms with E-state index in [1.165, 1.54) is 30.6 Å². The summed E-state index contributed by atoms with van der Waals surface area (Å²) >= 11 is 9.00. The number of anilines is 1. The Bertz CT molecular complexity index is 514. The van der Waals surface area contributed by atoms with Gasteiger partial charge in [0.25, 0.3) is 0 Å². The Morgan fingerprint density at radius 2 is 2.12 bits per heavy atom. The fraction of sp³-hybridized carbons (Fsp3) is 0.500. The Hall–Kier alpha value is -0.590. The summed E-state index contributed by atoms with van der Waals surface area (Å²) in [6.07, 6.45) is 3.61. The van der Waals surface area contributed by atoms with Gasteiger partial charge in [-0.3, -0.25) is 0 Å². The lowest BCUT2D eigenvalue weighted by atomic mass is 10.3. The number of nitrogens with zero attached hydrogens (tertiary/aromatic N) is 3. The van der Waals surface area contributed by atoms with Gasteiger partial charge in [0, 0.05) is 5.75 Å². The average molecular weight is 289 g/mol. The molecule has 2 heterocycles. The molecule has 92 valence electrons. The first-order chi connectivity index (χ1) is 8.20. The smallest absolute Gasteiger partial charge is 0.191 e. The third-order valence-electron chi connectivity index (χ3n) is 2.19. The fourth-order valence-electron chi connectivity index (χ4n) is 1.37. The van der Waals surface area contributed by atoms with Crippen molar-refractivity contribution < 1.29 is 0 Å². The van der Waals surface area contributed by atoms with Crippen LogP contribution in [0.15, 0.2) is 5.16 Å². The standard InChI is InChI=1S/C10H13ClN4S2/c1-2-3-4-5-16-10-13-7(11)6-8(15-10)14-9(12)17-6/h2-5H2,1H3,(H2,12,13,14,15). The first-order valence-corrected chi connectivity index (χ1v) is 7.61. The molecular formula is C10H13ClN4S2. The number of rotatable bonds is 5. The number of thiazole rings is 1. The first kappa shape index (κ1) is 12.9. The van der Waals surface area contributed by atoms with E-state index in [9.17, 15) is 0 Å². The van der Waals surface area contributed by atoms with Crippen LogP contribution in [0, 0.1) is 0 Å². The Labute approximate surface area is 113 Å². The van der Waals surface area contributed by atoms with Crippen LogP contribution in [0.2, 0.25) is 5.15 Å². The number of hydrogen-bond donors (Lipinski definition) is 1. The number of nitrogens with two attached hydrogens (primary N) is 1. The van der Waals surface area contributed by atoms with Gasteiger partial charge in [-0.15, -0.1) is 0 Å². The highest BCUT2D eigenvalue weighted by Gasteiger charge is 2.10. The summed E-state index contributed by atoms with van der Waals surface area (Å²) in [5.41, 5.74) is 6.23. The summed E-state index contributed by atoms with van der Waals surface area (Å²) < 4.78 is 0.766. The number of fused-ring (bicyclic) bond motifs is 1. The molecule has 0 unspecified atom stereocenters. The number of unbranched alkanes of at least 4 members (excludes halogenated alkanes) is 2. The van der Waals surface area contributed by atoms with Gasteiger partial charge in [-0.2, -0.15) is 0 Å². The second kappa shape index (κ2) is 5.84. The SMILES string of the molecule is CCCCCSc1nc(Cl)c2sc(N)nc2n1. The normalized spacial score (nSPS) is 11.2. The maximum Gasteiger partial charge on any atom is 0.191 e. The second-order valence-corrected chi connectivity index (χ2v) is 6.01. The lowest BCUT2D eigenvalue weighted by Gasteiger charge is -2.00. The number of aromatic nitrogens is 3. The van der Waals surface area contributed by atoms with E-state index in [0.29, 0.717) is 21.1 Å². The topological polar surface area (TPSA) is 64.7 Å². The van der Waals surface area contributed by atoms with E-state index in [4.69, 9.17) is 17.3 Å². The molecule has 0 bridgehead atoms. The zero-order valence-electron chi connectivity index (χ0n) is 9.44. The molecule has 0 saturated carbocycles. The molecule has 4 nitrogen and oxygen atoms in total. The van der Waals surface area contributed by atoms with Crippen LogP contribution in [0.5, 0.6) is 0 Å². The molecule has 0 aliphatic rings. The van der Waals surface area contributed by atoms with E-state index < -0.39 is 0 Å². The van der Waals surface area contributed by atoms with Crippen molar-refractivity contribution in [1.29, 1.82) is 0 Å². The van der Waals surface area contributed by atoms with Gasteiger partial charge in [-0.1, -0.05) is 54.5 Å². The predicted molar refractivity (Wildman–Crippen MR) is 74.9 cm³/mol. The van der Waals surface area contributed by atoms with E-state index >= 15 is 0 Å². The van der Waals surface area contributed by atoms with E-state index in [1.54, 1.807) is 11.8 Å². The molecule has 0 spiro atoms. The van der Waals surface area contributed by atoms with Gasteiger partial charge in [-0.25, -0.2) is 15.0 Å². The molecule has 0 radical (unpaired) electrons. The zero-order chi connectivity index (χ0) is 12.3. The number of nitrogen functional groups attached to an aromatic ring is 1. The van der Waals surface area contributed by atoms with Crippen LogP contribution in [0.4, 0.5) is 5.13 Å². The maximum atomic E-state index is 6.07. The van der Waals surface area contributed by atoms with Crippen LogP contribution in [-0.4, -0.2) is 20.7 Å². The van der Waals surface area contributed by atoms with Gasteiger partial charge in [0.05, 0.1) is 0 Å². The Morgan fingerprint density at radius 3 is 2.88 bits per heavy atom. The summed E-state index contributed by atoms with van der Waals surface area (Å²) in [7, 11) is 0. The molecule has 2 aromatic rings. The van der Waals surface area contributed by atoms with Crippen LogP contribution >= 0.6 is 34.7 Å². The molecule has 0 aliphatic heterocycles. The van der Waals surface area contributed by atoms with E-state index in [1.807, 2.05) is 0 Å². The van der Waals surface area contributed by atoms with Crippen molar-refractivity contribution in [3.63, 3.8) is 0 Å². The van der Waals surface area contributed by atoms with Crippen LogP contribution < -0.4 is 5.73 Å². The van der Waals surface area contributed by atoms with Gasteiger partial charge < -0.3 is 5.73 Å². The molecule has 0 saturated heterocycles. The summed E-state index contributed by atoms with van der Waals surface area (Å²) in [4.78, 5) is 12.7. The van der Waals surface area contributed by atoms with Gasteiger partial charge >= 0.3 is 0 Å². The molecule has 0 aliphatic carbocycles. The third-order valence-corrected chi connectivity index (χ3v) is 4.39. The molecule has 2 N–H and O–H groups in total. The highest BCUT2D eigenvalue weighted by atomic mass is 35.5. The van der Waals surface area contributed by atoms with Crippen LogP contribution in [-0.2, 0) is 0 Å². The lowest BCUT2D eigenvalue weighted by Crippen LogP contribution is -1.90.